The van der Waals surface area contributed by atoms with Gasteiger partial charge in [-0.15, -0.1) is 22.7 Å². The second kappa shape index (κ2) is 9.26. The van der Waals surface area contributed by atoms with Crippen LogP contribution >= 0.6 is 22.7 Å². The van der Waals surface area contributed by atoms with Gasteiger partial charge in [-0.1, -0.05) is 37.6 Å². The van der Waals surface area contributed by atoms with E-state index in [2.05, 4.69) is 21.8 Å². The normalized spacial score (nSPS) is 11.8. The number of hydrogen-bond donors (Lipinski definition) is 2. The number of thiophene rings is 2. The number of nitrogens with zero attached hydrogens (tertiary/aromatic N) is 1. The van der Waals surface area contributed by atoms with Crippen molar-refractivity contribution in [2.24, 2.45) is 0 Å². The molecule has 0 aliphatic heterocycles. The highest BCUT2D eigenvalue weighted by molar-refractivity contribution is 7.89. The Balaban J connectivity index is 1.55. The van der Waals surface area contributed by atoms with E-state index in [1.54, 1.807) is 40.9 Å². The zero-order valence-corrected chi connectivity index (χ0v) is 19.0. The van der Waals surface area contributed by atoms with E-state index in [0.717, 1.165) is 45.1 Å². The molecule has 156 valence electrons. The van der Waals surface area contributed by atoms with Crippen molar-refractivity contribution < 1.29 is 8.42 Å². The molecule has 0 aliphatic rings. The van der Waals surface area contributed by atoms with Crippen molar-refractivity contribution in [3.8, 4) is 21.1 Å². The second-order valence-corrected chi connectivity index (χ2v) is 10.6. The largest absolute Gasteiger partial charge is 0.276 e. The van der Waals surface area contributed by atoms with E-state index < -0.39 is 10.0 Å². The summed E-state index contributed by atoms with van der Waals surface area (Å²) in [6, 6.07) is 15.3. The number of sulfonamides is 1. The first-order valence-electron chi connectivity index (χ1n) is 9.82. The predicted molar refractivity (Wildman–Crippen MR) is 125 cm³/mol. The Labute approximate surface area is 184 Å². The Bertz CT molecular complexity index is 1140. The van der Waals surface area contributed by atoms with E-state index in [0.29, 0.717) is 17.9 Å². The smallest absolute Gasteiger partial charge is 0.240 e. The van der Waals surface area contributed by atoms with Crippen molar-refractivity contribution in [1.29, 1.82) is 0 Å². The molecule has 8 heteroatoms. The summed E-state index contributed by atoms with van der Waals surface area (Å²) in [5.74, 6) is 0. The predicted octanol–water partition coefficient (Wildman–Crippen LogP) is 5.34. The molecule has 30 heavy (non-hydrogen) atoms. The quantitative estimate of drug-likeness (QED) is 0.356. The molecule has 1 aromatic carbocycles. The average molecular weight is 458 g/mol. The summed E-state index contributed by atoms with van der Waals surface area (Å²) in [4.78, 5) is 2.48. The van der Waals surface area contributed by atoms with Crippen molar-refractivity contribution in [3.63, 3.8) is 0 Å². The van der Waals surface area contributed by atoms with E-state index in [-0.39, 0.29) is 0 Å². The lowest BCUT2D eigenvalue weighted by Gasteiger charge is -2.09. The van der Waals surface area contributed by atoms with Gasteiger partial charge in [0, 0.05) is 12.1 Å². The van der Waals surface area contributed by atoms with Crippen molar-refractivity contribution in [1.82, 2.24) is 14.9 Å². The lowest BCUT2D eigenvalue weighted by molar-refractivity contribution is 0.581. The Kier molecular flexibility index (Phi) is 6.48. The van der Waals surface area contributed by atoms with Crippen LogP contribution in [0.4, 0.5) is 0 Å². The van der Waals surface area contributed by atoms with Crippen LogP contribution in [0.5, 0.6) is 0 Å². The average Bonchev–Trinajstić information content (AvgIpc) is 3.49. The zero-order chi connectivity index (χ0) is 21.0. The van der Waals surface area contributed by atoms with Crippen LogP contribution in [0.3, 0.4) is 0 Å². The van der Waals surface area contributed by atoms with Gasteiger partial charge in [0.15, 0.2) is 0 Å². The minimum atomic E-state index is -3.56. The van der Waals surface area contributed by atoms with Gasteiger partial charge in [0.1, 0.15) is 5.69 Å². The first-order valence-corrected chi connectivity index (χ1v) is 13.1. The third-order valence-electron chi connectivity index (χ3n) is 4.80. The fraction of sp³-hybridized carbons (Fsp3) is 0.227. The molecular formula is C22H23N3O2S3. The van der Waals surface area contributed by atoms with Crippen LogP contribution in [-0.2, 0) is 22.9 Å². The second-order valence-electron chi connectivity index (χ2n) is 6.93. The molecule has 0 amide bonds. The molecule has 0 saturated carbocycles. The SMILES string of the molecule is CCCc1cccc(S(=O)(=O)NCCc2c(-c3cccs3)n[nH]c2-c2cccs2)c1. The third-order valence-corrected chi connectivity index (χ3v) is 8.03. The van der Waals surface area contributed by atoms with Crippen molar-refractivity contribution in [3.05, 3.63) is 70.4 Å². The van der Waals surface area contributed by atoms with Crippen LogP contribution in [0.1, 0.15) is 24.5 Å². The molecule has 0 bridgehead atoms. The third kappa shape index (κ3) is 4.57. The van der Waals surface area contributed by atoms with E-state index in [1.165, 1.54) is 0 Å². The van der Waals surface area contributed by atoms with Crippen LogP contribution in [-0.4, -0.2) is 25.2 Å². The summed E-state index contributed by atoms with van der Waals surface area (Å²) in [5.41, 5.74) is 3.91. The summed E-state index contributed by atoms with van der Waals surface area (Å²) in [5, 5.41) is 11.7. The summed E-state index contributed by atoms with van der Waals surface area (Å²) in [6.07, 6.45) is 2.39. The summed E-state index contributed by atoms with van der Waals surface area (Å²) >= 11 is 3.26. The number of aromatic amines is 1. The van der Waals surface area contributed by atoms with Gasteiger partial charge in [-0.2, -0.15) is 5.10 Å². The number of hydrogen-bond acceptors (Lipinski definition) is 5. The summed E-state index contributed by atoms with van der Waals surface area (Å²) in [7, 11) is -3.56. The molecule has 0 saturated heterocycles. The molecule has 3 aromatic heterocycles. The lowest BCUT2D eigenvalue weighted by atomic mass is 10.1. The molecule has 0 radical (unpaired) electrons. The monoisotopic (exact) mass is 457 g/mol. The highest BCUT2D eigenvalue weighted by Gasteiger charge is 2.19. The minimum absolute atomic E-state index is 0.302. The number of aryl methyl sites for hydroxylation is 1. The molecule has 0 unspecified atom stereocenters. The fourth-order valence-corrected chi connectivity index (χ4v) is 5.99. The number of nitrogens with one attached hydrogen (secondary N) is 2. The maximum absolute atomic E-state index is 12.8. The topological polar surface area (TPSA) is 74.8 Å². The maximum Gasteiger partial charge on any atom is 0.240 e. The van der Waals surface area contributed by atoms with Crippen LogP contribution in [0.25, 0.3) is 21.1 Å². The van der Waals surface area contributed by atoms with Crippen molar-refractivity contribution in [2.75, 3.05) is 6.54 Å². The molecule has 2 N–H and O–H groups in total. The summed E-state index contributed by atoms with van der Waals surface area (Å²) in [6.45, 7) is 2.39. The van der Waals surface area contributed by atoms with Gasteiger partial charge >= 0.3 is 0 Å². The molecule has 4 rings (SSSR count). The Morgan fingerprint density at radius 1 is 1.00 bits per heavy atom. The van der Waals surface area contributed by atoms with Crippen molar-refractivity contribution in [2.45, 2.75) is 31.1 Å². The first-order chi connectivity index (χ1) is 14.6. The highest BCUT2D eigenvalue weighted by Crippen LogP contribution is 2.34. The highest BCUT2D eigenvalue weighted by atomic mass is 32.2. The number of rotatable bonds is 9. The maximum atomic E-state index is 12.8. The van der Waals surface area contributed by atoms with Gasteiger partial charge in [0.2, 0.25) is 10.0 Å². The van der Waals surface area contributed by atoms with Crippen LogP contribution < -0.4 is 4.72 Å². The van der Waals surface area contributed by atoms with E-state index >= 15 is 0 Å². The van der Waals surface area contributed by atoms with Gasteiger partial charge in [-0.05, 0) is 53.4 Å². The van der Waals surface area contributed by atoms with Crippen LogP contribution in [0.15, 0.2) is 64.2 Å². The number of aromatic nitrogens is 2. The Morgan fingerprint density at radius 2 is 1.77 bits per heavy atom. The van der Waals surface area contributed by atoms with Gasteiger partial charge in [-0.3, -0.25) is 5.10 Å². The van der Waals surface area contributed by atoms with Gasteiger partial charge < -0.3 is 0 Å². The number of benzene rings is 1. The Morgan fingerprint density at radius 3 is 2.47 bits per heavy atom. The lowest BCUT2D eigenvalue weighted by Crippen LogP contribution is -2.26. The molecule has 0 spiro atoms. The molecule has 4 aromatic rings. The zero-order valence-electron chi connectivity index (χ0n) is 16.6. The van der Waals surface area contributed by atoms with Crippen LogP contribution in [0.2, 0.25) is 0 Å². The molecule has 0 fully saturated rings. The van der Waals surface area contributed by atoms with Gasteiger partial charge in [0.05, 0.1) is 20.3 Å². The molecule has 0 aliphatic carbocycles. The van der Waals surface area contributed by atoms with Crippen LogP contribution in [0, 0.1) is 0 Å². The molecule has 3 heterocycles. The number of H-pyrrole nitrogens is 1. The minimum Gasteiger partial charge on any atom is -0.276 e. The van der Waals surface area contributed by atoms with E-state index in [1.807, 2.05) is 41.1 Å². The van der Waals surface area contributed by atoms with E-state index in [9.17, 15) is 8.42 Å². The molecule has 0 atom stereocenters. The molecule has 5 nitrogen and oxygen atoms in total. The summed E-state index contributed by atoms with van der Waals surface area (Å²) < 4.78 is 28.4. The fourth-order valence-electron chi connectivity index (χ4n) is 3.40. The molecular weight excluding hydrogens is 434 g/mol. The van der Waals surface area contributed by atoms with Gasteiger partial charge in [-0.25, -0.2) is 13.1 Å². The first kappa shape index (κ1) is 21.0. The van der Waals surface area contributed by atoms with E-state index in [4.69, 9.17) is 0 Å². The van der Waals surface area contributed by atoms with Crippen molar-refractivity contribution >= 4 is 32.7 Å². The standard InChI is InChI=1S/C22H23N3O2S3/c1-2-6-16-7-3-8-17(15-16)30(26,27)23-12-11-18-21(19-9-4-13-28-19)24-25-22(18)20-10-5-14-29-20/h3-5,7-10,13-15,23H,2,6,11-12H2,1H3,(H,24,25). The van der Waals surface area contributed by atoms with Gasteiger partial charge in [0.25, 0.3) is 0 Å². The Hall–Kier alpha value is -2.26.